The third-order valence-corrected chi connectivity index (χ3v) is 3.58. The average Bonchev–Trinajstić information content (AvgIpc) is 2.51. The predicted molar refractivity (Wildman–Crippen MR) is 84.7 cm³/mol. The standard InChI is InChI=1S/C18H23FN2/c1-2-10-21-18(7-6-15-8-11-20-12-9-15)14-16-4-3-5-17(19)13-16/h3-5,8-9,11-13,18,21H,2,6-7,10,14H2,1H3. The molecule has 0 aliphatic rings. The van der Waals surface area contributed by atoms with Gasteiger partial charge < -0.3 is 5.32 Å². The molecule has 1 heterocycles. The van der Waals surface area contributed by atoms with E-state index in [0.717, 1.165) is 37.8 Å². The number of aryl methyl sites for hydroxylation is 1. The molecule has 0 aliphatic carbocycles. The van der Waals surface area contributed by atoms with E-state index in [9.17, 15) is 4.39 Å². The quantitative estimate of drug-likeness (QED) is 0.799. The molecular formula is C18H23FN2. The van der Waals surface area contributed by atoms with Gasteiger partial charge in [-0.05, 0) is 67.6 Å². The Bertz CT molecular complexity index is 528. The van der Waals surface area contributed by atoms with Crippen molar-refractivity contribution in [3.63, 3.8) is 0 Å². The van der Waals surface area contributed by atoms with Crippen molar-refractivity contribution in [2.24, 2.45) is 0 Å². The van der Waals surface area contributed by atoms with Gasteiger partial charge in [-0.1, -0.05) is 19.1 Å². The van der Waals surface area contributed by atoms with Crippen LogP contribution in [0.1, 0.15) is 30.9 Å². The molecule has 2 nitrogen and oxygen atoms in total. The van der Waals surface area contributed by atoms with Crippen LogP contribution < -0.4 is 5.32 Å². The highest BCUT2D eigenvalue weighted by Crippen LogP contribution is 2.11. The highest BCUT2D eigenvalue weighted by molar-refractivity contribution is 5.18. The van der Waals surface area contributed by atoms with Crippen molar-refractivity contribution in [2.45, 2.75) is 38.6 Å². The van der Waals surface area contributed by atoms with Gasteiger partial charge in [0.05, 0.1) is 0 Å². The molecule has 0 aliphatic heterocycles. The number of aromatic nitrogens is 1. The van der Waals surface area contributed by atoms with E-state index in [1.54, 1.807) is 12.1 Å². The van der Waals surface area contributed by atoms with E-state index < -0.39 is 0 Å². The van der Waals surface area contributed by atoms with Crippen LogP contribution in [0.3, 0.4) is 0 Å². The first-order valence-corrected chi connectivity index (χ1v) is 7.64. The molecule has 1 aromatic carbocycles. The molecule has 1 atom stereocenters. The molecule has 2 aromatic rings. The number of hydrogen-bond acceptors (Lipinski definition) is 2. The monoisotopic (exact) mass is 286 g/mol. The van der Waals surface area contributed by atoms with Crippen molar-refractivity contribution in [3.8, 4) is 0 Å². The number of rotatable bonds is 8. The second kappa shape index (κ2) is 8.53. The topological polar surface area (TPSA) is 24.9 Å². The summed E-state index contributed by atoms with van der Waals surface area (Å²) in [4.78, 5) is 4.04. The van der Waals surface area contributed by atoms with E-state index >= 15 is 0 Å². The lowest BCUT2D eigenvalue weighted by molar-refractivity contribution is 0.476. The molecule has 0 saturated heterocycles. The summed E-state index contributed by atoms with van der Waals surface area (Å²) in [5, 5.41) is 3.57. The minimum atomic E-state index is -0.157. The van der Waals surface area contributed by atoms with Gasteiger partial charge in [0, 0.05) is 18.4 Å². The molecule has 0 amide bonds. The number of benzene rings is 1. The van der Waals surface area contributed by atoms with Crippen LogP contribution in [0, 0.1) is 5.82 Å². The Labute approximate surface area is 126 Å². The maximum atomic E-state index is 13.3. The fourth-order valence-corrected chi connectivity index (χ4v) is 2.46. The highest BCUT2D eigenvalue weighted by atomic mass is 19.1. The largest absolute Gasteiger partial charge is 0.314 e. The first-order chi connectivity index (χ1) is 10.3. The van der Waals surface area contributed by atoms with E-state index in [1.807, 2.05) is 18.5 Å². The molecule has 112 valence electrons. The highest BCUT2D eigenvalue weighted by Gasteiger charge is 2.09. The molecule has 3 heteroatoms. The molecule has 0 spiro atoms. The lowest BCUT2D eigenvalue weighted by Gasteiger charge is -2.19. The smallest absolute Gasteiger partial charge is 0.123 e. The SMILES string of the molecule is CCCNC(CCc1ccncc1)Cc1cccc(F)c1. The van der Waals surface area contributed by atoms with Gasteiger partial charge in [0.1, 0.15) is 5.82 Å². The molecule has 0 radical (unpaired) electrons. The normalized spacial score (nSPS) is 12.3. The summed E-state index contributed by atoms with van der Waals surface area (Å²) in [6.07, 6.45) is 7.68. The van der Waals surface area contributed by atoms with Crippen LogP contribution in [0.4, 0.5) is 4.39 Å². The molecule has 0 fully saturated rings. The molecule has 21 heavy (non-hydrogen) atoms. The third kappa shape index (κ3) is 5.64. The maximum Gasteiger partial charge on any atom is 0.123 e. The first-order valence-electron chi connectivity index (χ1n) is 7.64. The summed E-state index contributed by atoms with van der Waals surface area (Å²) < 4.78 is 13.3. The molecule has 0 saturated carbocycles. The van der Waals surface area contributed by atoms with Crippen LogP contribution >= 0.6 is 0 Å². The number of halogens is 1. The van der Waals surface area contributed by atoms with Crippen LogP contribution in [-0.4, -0.2) is 17.6 Å². The molecule has 2 rings (SSSR count). The average molecular weight is 286 g/mol. The lowest BCUT2D eigenvalue weighted by Crippen LogP contribution is -2.32. The lowest BCUT2D eigenvalue weighted by atomic mass is 9.99. The molecule has 1 N–H and O–H groups in total. The maximum absolute atomic E-state index is 13.3. The van der Waals surface area contributed by atoms with E-state index in [-0.39, 0.29) is 5.82 Å². The van der Waals surface area contributed by atoms with Crippen molar-refractivity contribution in [2.75, 3.05) is 6.54 Å². The van der Waals surface area contributed by atoms with Gasteiger partial charge in [0.15, 0.2) is 0 Å². The van der Waals surface area contributed by atoms with Crippen LogP contribution in [0.5, 0.6) is 0 Å². The summed E-state index contributed by atoms with van der Waals surface area (Å²) in [5.41, 5.74) is 2.35. The van der Waals surface area contributed by atoms with E-state index in [4.69, 9.17) is 0 Å². The second-order valence-corrected chi connectivity index (χ2v) is 5.38. The van der Waals surface area contributed by atoms with Gasteiger partial charge in [0.25, 0.3) is 0 Å². The van der Waals surface area contributed by atoms with E-state index in [2.05, 4.69) is 29.4 Å². The fourth-order valence-electron chi connectivity index (χ4n) is 2.46. The Kier molecular flexibility index (Phi) is 6.35. The van der Waals surface area contributed by atoms with Gasteiger partial charge >= 0.3 is 0 Å². The number of nitrogens with one attached hydrogen (secondary N) is 1. The molecule has 0 bridgehead atoms. The van der Waals surface area contributed by atoms with Gasteiger partial charge in [0.2, 0.25) is 0 Å². The summed E-state index contributed by atoms with van der Waals surface area (Å²) in [6, 6.07) is 11.4. The van der Waals surface area contributed by atoms with Crippen LogP contribution in [0.2, 0.25) is 0 Å². The summed E-state index contributed by atoms with van der Waals surface area (Å²) in [5.74, 6) is -0.157. The third-order valence-electron chi connectivity index (χ3n) is 3.58. The van der Waals surface area contributed by atoms with Gasteiger partial charge in [-0.2, -0.15) is 0 Å². The first kappa shape index (κ1) is 15.6. The Morgan fingerprint density at radius 1 is 1.14 bits per heavy atom. The van der Waals surface area contributed by atoms with Gasteiger partial charge in [-0.3, -0.25) is 4.98 Å². The number of nitrogens with zero attached hydrogens (tertiary/aromatic N) is 1. The molecular weight excluding hydrogens is 263 g/mol. The Morgan fingerprint density at radius 3 is 2.67 bits per heavy atom. The molecule has 1 aromatic heterocycles. The second-order valence-electron chi connectivity index (χ2n) is 5.38. The van der Waals surface area contributed by atoms with Crippen LogP contribution in [0.25, 0.3) is 0 Å². The molecule has 1 unspecified atom stereocenters. The van der Waals surface area contributed by atoms with Crippen molar-refractivity contribution in [3.05, 3.63) is 65.7 Å². The Morgan fingerprint density at radius 2 is 1.95 bits per heavy atom. The van der Waals surface area contributed by atoms with Crippen LogP contribution in [-0.2, 0) is 12.8 Å². The minimum absolute atomic E-state index is 0.157. The number of pyridine rings is 1. The Balaban J connectivity index is 1.94. The fraction of sp³-hybridized carbons (Fsp3) is 0.389. The number of hydrogen-bond donors (Lipinski definition) is 1. The van der Waals surface area contributed by atoms with Crippen molar-refractivity contribution in [1.29, 1.82) is 0 Å². The van der Waals surface area contributed by atoms with Gasteiger partial charge in [-0.25, -0.2) is 4.39 Å². The van der Waals surface area contributed by atoms with Crippen molar-refractivity contribution in [1.82, 2.24) is 10.3 Å². The predicted octanol–water partition coefficient (Wildman–Crippen LogP) is 3.76. The van der Waals surface area contributed by atoms with E-state index in [0.29, 0.717) is 6.04 Å². The zero-order valence-corrected chi connectivity index (χ0v) is 12.6. The van der Waals surface area contributed by atoms with Gasteiger partial charge in [-0.15, -0.1) is 0 Å². The zero-order valence-electron chi connectivity index (χ0n) is 12.6. The Hall–Kier alpha value is -1.74. The zero-order chi connectivity index (χ0) is 14.9. The summed E-state index contributed by atoms with van der Waals surface area (Å²) in [7, 11) is 0. The van der Waals surface area contributed by atoms with E-state index in [1.165, 1.54) is 11.6 Å². The van der Waals surface area contributed by atoms with Crippen molar-refractivity contribution >= 4 is 0 Å². The summed E-state index contributed by atoms with van der Waals surface area (Å²) in [6.45, 7) is 3.16. The minimum Gasteiger partial charge on any atom is -0.314 e. The van der Waals surface area contributed by atoms with Crippen molar-refractivity contribution < 1.29 is 4.39 Å². The summed E-state index contributed by atoms with van der Waals surface area (Å²) >= 11 is 0. The van der Waals surface area contributed by atoms with Crippen LogP contribution in [0.15, 0.2) is 48.8 Å².